The molecule has 4 atom stereocenters. The predicted molar refractivity (Wildman–Crippen MR) is 149 cm³/mol. The molecule has 0 radical (unpaired) electrons. The molecule has 5 rings (SSSR count). The topological polar surface area (TPSA) is 132 Å². The lowest BCUT2D eigenvalue weighted by atomic mass is 9.80. The van der Waals surface area contributed by atoms with Crippen molar-refractivity contribution in [3.63, 3.8) is 0 Å². The summed E-state index contributed by atoms with van der Waals surface area (Å²) >= 11 is 0. The summed E-state index contributed by atoms with van der Waals surface area (Å²) in [4.78, 5) is 26.8. The lowest BCUT2D eigenvalue weighted by Crippen LogP contribution is -2.41. The van der Waals surface area contributed by atoms with Crippen LogP contribution in [-0.2, 0) is 15.1 Å². The van der Waals surface area contributed by atoms with Crippen LogP contribution in [0.2, 0.25) is 0 Å². The molecule has 2 heterocycles. The first-order valence-electron chi connectivity index (χ1n) is 12.9. The second-order valence-corrected chi connectivity index (χ2v) is 9.73. The number of hydrogen-bond donors (Lipinski definition) is 2. The average molecular weight is 539 g/mol. The van der Waals surface area contributed by atoms with E-state index in [4.69, 9.17) is 19.9 Å². The molecular weight excluding hydrogens is 508 g/mol. The largest absolute Gasteiger partial charge is 0.497 e. The number of ether oxygens (including phenoxy) is 3. The highest BCUT2D eigenvalue weighted by molar-refractivity contribution is 5.48. The van der Waals surface area contributed by atoms with Gasteiger partial charge in [-0.3, -0.25) is 14.3 Å². The maximum atomic E-state index is 12.6. The molecule has 1 aromatic heterocycles. The van der Waals surface area contributed by atoms with E-state index < -0.39 is 41.1 Å². The molecule has 0 amide bonds. The number of aromatic amines is 1. The van der Waals surface area contributed by atoms with Crippen LogP contribution in [0.25, 0.3) is 0 Å². The average Bonchev–Trinajstić information content (AvgIpc) is 3.31. The zero-order chi connectivity index (χ0) is 28.3. The van der Waals surface area contributed by atoms with E-state index in [1.54, 1.807) is 14.0 Å². The summed E-state index contributed by atoms with van der Waals surface area (Å²) in [5.41, 5.74) is 7.18. The molecule has 3 aromatic carbocycles. The van der Waals surface area contributed by atoms with E-state index in [1.165, 1.54) is 10.8 Å². The van der Waals surface area contributed by atoms with Crippen molar-refractivity contribution < 1.29 is 14.2 Å². The molecule has 0 aliphatic carbocycles. The molecule has 9 nitrogen and oxygen atoms in total. The Morgan fingerprint density at radius 1 is 0.975 bits per heavy atom. The zero-order valence-electron chi connectivity index (χ0n) is 22.2. The molecule has 3 N–H and O–H groups in total. The Labute approximate surface area is 231 Å². The van der Waals surface area contributed by atoms with Crippen molar-refractivity contribution in [3.8, 4) is 11.8 Å². The van der Waals surface area contributed by atoms with Gasteiger partial charge in [-0.2, -0.15) is 5.26 Å². The number of hydrogen-bond acceptors (Lipinski definition) is 7. The second kappa shape index (κ2) is 11.3. The van der Waals surface area contributed by atoms with Gasteiger partial charge in [-0.25, -0.2) is 4.79 Å². The molecule has 4 aromatic rings. The number of nitrogens with one attached hydrogen (secondary N) is 1. The van der Waals surface area contributed by atoms with Gasteiger partial charge in [0.25, 0.3) is 5.56 Å². The van der Waals surface area contributed by atoms with Gasteiger partial charge in [0.2, 0.25) is 0 Å². The molecule has 1 aliphatic heterocycles. The van der Waals surface area contributed by atoms with Gasteiger partial charge in [0.1, 0.15) is 17.5 Å². The van der Waals surface area contributed by atoms with E-state index in [9.17, 15) is 14.9 Å². The number of nitrogens with two attached hydrogens (primary N) is 1. The Kier molecular flexibility index (Phi) is 7.67. The fourth-order valence-electron chi connectivity index (χ4n) is 5.25. The lowest BCUT2D eigenvalue weighted by Gasteiger charge is -2.37. The van der Waals surface area contributed by atoms with E-state index in [1.807, 2.05) is 84.9 Å². The van der Waals surface area contributed by atoms with Crippen LogP contribution in [0.4, 0.5) is 0 Å². The highest BCUT2D eigenvalue weighted by Gasteiger charge is 2.46. The van der Waals surface area contributed by atoms with E-state index >= 15 is 0 Å². The molecular formula is C31H30N4O5. The first-order valence-corrected chi connectivity index (χ1v) is 12.9. The van der Waals surface area contributed by atoms with Crippen molar-refractivity contribution in [1.82, 2.24) is 9.55 Å². The highest BCUT2D eigenvalue weighted by Crippen LogP contribution is 2.42. The number of benzene rings is 3. The standard InChI is InChI=1S/C31H30N4O5/c1-20-18-35(30(37)34-28(20)36)29-27(33)25(17-32)26(40-29)19-39-31(21-9-5-3-6-10-21,22-11-7-4-8-12-22)23-13-15-24(38-2)16-14-23/h3-16,18,25-27,29H,19,33H2,1-2H3,(H,34,36,37)/t25-,26+,27+,29+/m0/s1. The first kappa shape index (κ1) is 27.1. The molecule has 0 saturated carbocycles. The van der Waals surface area contributed by atoms with Crippen molar-refractivity contribution in [2.75, 3.05) is 13.7 Å². The van der Waals surface area contributed by atoms with Gasteiger partial charge in [-0.15, -0.1) is 0 Å². The minimum Gasteiger partial charge on any atom is -0.497 e. The quantitative estimate of drug-likeness (QED) is 0.329. The minimum absolute atomic E-state index is 0.00463. The molecule has 0 bridgehead atoms. The minimum atomic E-state index is -1.06. The van der Waals surface area contributed by atoms with Crippen molar-refractivity contribution >= 4 is 0 Å². The number of rotatable bonds is 8. The molecule has 9 heteroatoms. The van der Waals surface area contributed by atoms with Crippen LogP contribution >= 0.6 is 0 Å². The van der Waals surface area contributed by atoms with E-state index in [0.29, 0.717) is 11.3 Å². The Balaban J connectivity index is 1.57. The predicted octanol–water partition coefficient (Wildman–Crippen LogP) is 3.23. The third-order valence-corrected chi connectivity index (χ3v) is 7.35. The fourth-order valence-corrected chi connectivity index (χ4v) is 5.25. The number of aromatic nitrogens is 2. The number of H-pyrrole nitrogens is 1. The smallest absolute Gasteiger partial charge is 0.330 e. The van der Waals surface area contributed by atoms with Crippen LogP contribution in [0.5, 0.6) is 5.75 Å². The monoisotopic (exact) mass is 538 g/mol. The first-order chi connectivity index (χ1) is 19.4. The summed E-state index contributed by atoms with van der Waals surface area (Å²) in [7, 11) is 1.61. The summed E-state index contributed by atoms with van der Waals surface area (Å²) in [5.74, 6) is -0.0675. The van der Waals surface area contributed by atoms with Gasteiger partial charge in [-0.1, -0.05) is 72.8 Å². The molecule has 0 spiro atoms. The third-order valence-electron chi connectivity index (χ3n) is 7.35. The summed E-state index contributed by atoms with van der Waals surface area (Å²) in [6, 6.07) is 28.7. The van der Waals surface area contributed by atoms with Gasteiger partial charge in [0, 0.05) is 11.8 Å². The summed E-state index contributed by atoms with van der Waals surface area (Å²) in [6.07, 6.45) is -0.307. The number of nitriles is 1. The van der Waals surface area contributed by atoms with Crippen LogP contribution in [0, 0.1) is 24.2 Å². The maximum Gasteiger partial charge on any atom is 0.330 e. The van der Waals surface area contributed by atoms with Gasteiger partial charge >= 0.3 is 5.69 Å². The summed E-state index contributed by atoms with van der Waals surface area (Å²) in [5, 5.41) is 10.1. The lowest BCUT2D eigenvalue weighted by molar-refractivity contribution is -0.0824. The normalized spacial score (nSPS) is 20.6. The molecule has 1 saturated heterocycles. The molecule has 40 heavy (non-hydrogen) atoms. The third kappa shape index (κ3) is 4.84. The van der Waals surface area contributed by atoms with Crippen molar-refractivity contribution in [1.29, 1.82) is 5.26 Å². The molecule has 1 fully saturated rings. The van der Waals surface area contributed by atoms with Crippen LogP contribution in [-0.4, -0.2) is 35.4 Å². The Morgan fingerprint density at radius 3 is 2.10 bits per heavy atom. The van der Waals surface area contributed by atoms with E-state index in [0.717, 1.165) is 16.7 Å². The van der Waals surface area contributed by atoms with Crippen molar-refractivity contribution in [2.45, 2.75) is 30.9 Å². The van der Waals surface area contributed by atoms with Gasteiger partial charge in [0.05, 0.1) is 31.7 Å². The van der Waals surface area contributed by atoms with Crippen LogP contribution in [0.15, 0.2) is 101 Å². The van der Waals surface area contributed by atoms with Crippen LogP contribution in [0.1, 0.15) is 28.5 Å². The Morgan fingerprint density at radius 2 is 1.55 bits per heavy atom. The number of nitrogens with zero attached hydrogens (tertiary/aromatic N) is 2. The van der Waals surface area contributed by atoms with Gasteiger partial charge in [0.15, 0.2) is 6.23 Å². The Bertz CT molecular complexity index is 1570. The van der Waals surface area contributed by atoms with Crippen LogP contribution in [0.3, 0.4) is 0 Å². The summed E-state index contributed by atoms with van der Waals surface area (Å²) in [6.45, 7) is 1.58. The highest BCUT2D eigenvalue weighted by atomic mass is 16.6. The fraction of sp³-hybridized carbons (Fsp3) is 0.258. The maximum absolute atomic E-state index is 12.6. The molecule has 1 aliphatic rings. The summed E-state index contributed by atoms with van der Waals surface area (Å²) < 4.78 is 19.7. The van der Waals surface area contributed by atoms with E-state index in [-0.39, 0.29) is 6.61 Å². The van der Waals surface area contributed by atoms with Crippen molar-refractivity contribution in [3.05, 3.63) is 134 Å². The SMILES string of the molecule is COc1ccc(C(OC[C@H]2O[C@@H](n3cc(C)c(=O)[nH]c3=O)[C@H](N)[C@H]2C#N)(c2ccccc2)c2ccccc2)cc1. The molecule has 204 valence electrons. The van der Waals surface area contributed by atoms with Gasteiger partial charge in [-0.05, 0) is 35.7 Å². The van der Waals surface area contributed by atoms with Gasteiger partial charge < -0.3 is 19.9 Å². The second-order valence-electron chi connectivity index (χ2n) is 9.73. The van der Waals surface area contributed by atoms with Crippen LogP contribution < -0.4 is 21.7 Å². The van der Waals surface area contributed by atoms with Crippen molar-refractivity contribution in [2.24, 2.45) is 11.7 Å². The number of methoxy groups -OCH3 is 1. The Hall–Kier alpha value is -4.49. The molecule has 0 unspecified atom stereocenters. The van der Waals surface area contributed by atoms with E-state index in [2.05, 4.69) is 11.1 Å². The zero-order valence-corrected chi connectivity index (χ0v) is 22.2. The number of aryl methyl sites for hydroxylation is 1.